The van der Waals surface area contributed by atoms with Gasteiger partial charge in [-0.25, -0.2) is 4.39 Å². The number of aromatic nitrogens is 2. The van der Waals surface area contributed by atoms with Crippen LogP contribution in [0.1, 0.15) is 20.8 Å². The van der Waals surface area contributed by atoms with Crippen molar-refractivity contribution in [2.75, 3.05) is 5.32 Å². The summed E-state index contributed by atoms with van der Waals surface area (Å²) in [5.74, 6) is -0.121. The van der Waals surface area contributed by atoms with Gasteiger partial charge >= 0.3 is 0 Å². The largest absolute Gasteiger partial charge is 0.296 e. The predicted octanol–water partition coefficient (Wildman–Crippen LogP) is 6.40. The van der Waals surface area contributed by atoms with Crippen LogP contribution in [0.4, 0.5) is 9.52 Å². The minimum Gasteiger partial charge on any atom is -0.296 e. The summed E-state index contributed by atoms with van der Waals surface area (Å²) < 4.78 is 15.3. The molecule has 1 N–H and O–H groups in total. The summed E-state index contributed by atoms with van der Waals surface area (Å²) in [6.07, 6.45) is 0. The molecule has 0 aliphatic rings. The number of benzene rings is 2. The number of thioether (sulfide) groups is 1. The number of carbonyl (C=O) groups excluding carboxylic acids is 1. The number of thiophene rings is 1. The number of fused-ring (bicyclic) bond motifs is 1. The minimum atomic E-state index is -0.314. The lowest BCUT2D eigenvalue weighted by atomic mass is 10.2. The topological polar surface area (TPSA) is 54.9 Å². The molecule has 0 aliphatic carbocycles. The Morgan fingerprint density at radius 3 is 2.86 bits per heavy atom. The summed E-state index contributed by atoms with van der Waals surface area (Å²) >= 11 is 10.3. The summed E-state index contributed by atoms with van der Waals surface area (Å²) in [7, 11) is 0. The minimum absolute atomic E-state index is 0.248. The van der Waals surface area contributed by atoms with Crippen LogP contribution in [-0.2, 0) is 5.75 Å². The van der Waals surface area contributed by atoms with E-state index >= 15 is 0 Å². The molecule has 4 nitrogen and oxygen atoms in total. The lowest BCUT2D eigenvalue weighted by Gasteiger charge is -2.00. The lowest BCUT2D eigenvalue weighted by Crippen LogP contribution is -2.10. The number of aryl methyl sites for hydroxylation is 1. The summed E-state index contributed by atoms with van der Waals surface area (Å²) in [5, 5.41) is 12.5. The van der Waals surface area contributed by atoms with Gasteiger partial charge in [-0.05, 0) is 30.2 Å². The molecule has 4 aromatic rings. The van der Waals surface area contributed by atoms with Gasteiger partial charge in [0.1, 0.15) is 10.7 Å². The highest BCUT2D eigenvalue weighted by Gasteiger charge is 2.19. The third-order valence-electron chi connectivity index (χ3n) is 3.93. The van der Waals surface area contributed by atoms with Crippen molar-refractivity contribution < 1.29 is 9.18 Å². The molecular formula is C19H13ClFN3OS3. The second-order valence-corrected chi connectivity index (χ2v) is 9.58. The lowest BCUT2D eigenvalue weighted by molar-refractivity contribution is 0.103. The molecule has 2 aromatic heterocycles. The van der Waals surface area contributed by atoms with Crippen LogP contribution in [-0.4, -0.2) is 16.1 Å². The Labute approximate surface area is 177 Å². The maximum Gasteiger partial charge on any atom is 0.269 e. The van der Waals surface area contributed by atoms with E-state index in [9.17, 15) is 9.18 Å². The second kappa shape index (κ2) is 8.16. The molecule has 0 saturated heterocycles. The Balaban J connectivity index is 1.46. The van der Waals surface area contributed by atoms with Gasteiger partial charge in [0, 0.05) is 15.8 Å². The molecule has 0 unspecified atom stereocenters. The highest BCUT2D eigenvalue weighted by molar-refractivity contribution is 8.00. The predicted molar refractivity (Wildman–Crippen MR) is 115 cm³/mol. The molecule has 0 spiro atoms. The van der Waals surface area contributed by atoms with Crippen molar-refractivity contribution in [1.29, 1.82) is 0 Å². The molecule has 0 fully saturated rings. The maximum atomic E-state index is 13.7. The van der Waals surface area contributed by atoms with Gasteiger partial charge in [0.25, 0.3) is 5.91 Å². The number of amides is 1. The zero-order valence-corrected chi connectivity index (χ0v) is 17.7. The average molecular weight is 450 g/mol. The fourth-order valence-corrected chi connectivity index (χ4v) is 5.79. The molecule has 0 atom stereocenters. The molecule has 0 radical (unpaired) electrons. The zero-order chi connectivity index (χ0) is 19.7. The summed E-state index contributed by atoms with van der Waals surface area (Å²) in [6.45, 7) is 1.99. The molecule has 0 saturated carbocycles. The number of anilines is 1. The normalized spacial score (nSPS) is 11.1. The van der Waals surface area contributed by atoms with Gasteiger partial charge in [-0.1, -0.05) is 65.0 Å². The van der Waals surface area contributed by atoms with E-state index in [1.54, 1.807) is 18.2 Å². The Hall–Kier alpha value is -2.00. The Morgan fingerprint density at radius 2 is 2.04 bits per heavy atom. The number of halogens is 2. The number of rotatable bonds is 5. The van der Waals surface area contributed by atoms with Gasteiger partial charge in [0.15, 0.2) is 4.34 Å². The van der Waals surface area contributed by atoms with Crippen molar-refractivity contribution >= 4 is 67.2 Å². The van der Waals surface area contributed by atoms with Gasteiger partial charge in [-0.2, -0.15) is 0 Å². The van der Waals surface area contributed by atoms with Crippen molar-refractivity contribution in [2.45, 2.75) is 17.0 Å². The third kappa shape index (κ3) is 4.05. The first kappa shape index (κ1) is 19.3. The Morgan fingerprint density at radius 1 is 1.21 bits per heavy atom. The molecule has 2 heterocycles. The van der Waals surface area contributed by atoms with Crippen molar-refractivity contribution in [3.05, 3.63) is 69.3 Å². The molecule has 0 bridgehead atoms. The quantitative estimate of drug-likeness (QED) is 0.283. The first-order chi connectivity index (χ1) is 13.5. The van der Waals surface area contributed by atoms with Crippen LogP contribution in [0.5, 0.6) is 0 Å². The number of hydrogen-bond donors (Lipinski definition) is 1. The number of nitrogens with zero attached hydrogens (tertiary/aromatic N) is 2. The summed E-state index contributed by atoms with van der Waals surface area (Å²) in [6, 6.07) is 12.5. The fraction of sp³-hybridized carbons (Fsp3) is 0.105. The van der Waals surface area contributed by atoms with Crippen molar-refractivity contribution in [3.63, 3.8) is 0 Å². The standard InChI is InChI=1S/C19H13ClFN3OS3/c1-10-6-7-12-14(8-10)27-16(15(12)20)17(25)22-18-23-24-19(28-18)26-9-11-4-2-3-5-13(11)21/h2-8H,9H2,1H3,(H,22,23,25). The summed E-state index contributed by atoms with van der Waals surface area (Å²) in [4.78, 5) is 13.1. The fourth-order valence-electron chi connectivity index (χ4n) is 2.55. The molecule has 0 aliphatic heterocycles. The van der Waals surface area contributed by atoms with E-state index in [0.29, 0.717) is 30.7 Å². The smallest absolute Gasteiger partial charge is 0.269 e. The molecule has 4 rings (SSSR count). The Bertz CT molecular complexity index is 1170. The van der Waals surface area contributed by atoms with Crippen LogP contribution < -0.4 is 5.32 Å². The highest BCUT2D eigenvalue weighted by Crippen LogP contribution is 2.36. The van der Waals surface area contributed by atoms with Gasteiger partial charge in [-0.15, -0.1) is 21.5 Å². The van der Waals surface area contributed by atoms with Crippen molar-refractivity contribution in [1.82, 2.24) is 10.2 Å². The van der Waals surface area contributed by atoms with Crippen LogP contribution >= 0.6 is 46.0 Å². The van der Waals surface area contributed by atoms with E-state index in [-0.39, 0.29) is 11.7 Å². The first-order valence-corrected chi connectivity index (χ1v) is 11.2. The molecule has 2 aromatic carbocycles. The molecular weight excluding hydrogens is 437 g/mol. The van der Waals surface area contributed by atoms with Gasteiger partial charge in [-0.3, -0.25) is 10.1 Å². The molecule has 9 heteroatoms. The van der Waals surface area contributed by atoms with E-state index in [0.717, 1.165) is 15.6 Å². The molecule has 1 amide bonds. The van der Waals surface area contributed by atoms with Gasteiger partial charge in [0.2, 0.25) is 5.13 Å². The Kier molecular flexibility index (Phi) is 5.63. The number of nitrogens with one attached hydrogen (secondary N) is 1. The molecule has 28 heavy (non-hydrogen) atoms. The number of carbonyl (C=O) groups is 1. The zero-order valence-electron chi connectivity index (χ0n) is 14.5. The van der Waals surface area contributed by atoms with Gasteiger partial charge < -0.3 is 0 Å². The van der Waals surface area contributed by atoms with Crippen molar-refractivity contribution in [2.24, 2.45) is 0 Å². The monoisotopic (exact) mass is 449 g/mol. The second-order valence-electron chi connectivity index (χ2n) is 5.95. The van der Waals surface area contributed by atoms with E-state index in [4.69, 9.17) is 11.6 Å². The van der Waals surface area contributed by atoms with Crippen LogP contribution in [0.25, 0.3) is 10.1 Å². The van der Waals surface area contributed by atoms with E-state index in [1.807, 2.05) is 25.1 Å². The number of hydrogen-bond acceptors (Lipinski definition) is 6. The van der Waals surface area contributed by atoms with E-state index in [1.165, 1.54) is 40.5 Å². The van der Waals surface area contributed by atoms with Crippen LogP contribution in [0.2, 0.25) is 5.02 Å². The van der Waals surface area contributed by atoms with Crippen LogP contribution in [0.15, 0.2) is 46.8 Å². The van der Waals surface area contributed by atoms with Crippen molar-refractivity contribution in [3.8, 4) is 0 Å². The average Bonchev–Trinajstić information content (AvgIpc) is 3.25. The first-order valence-electron chi connectivity index (χ1n) is 8.21. The van der Waals surface area contributed by atoms with Gasteiger partial charge in [0.05, 0.1) is 5.02 Å². The SMILES string of the molecule is Cc1ccc2c(Cl)c(C(=O)Nc3nnc(SCc4ccccc4F)s3)sc2c1. The van der Waals surface area contributed by atoms with Crippen LogP contribution in [0.3, 0.4) is 0 Å². The summed E-state index contributed by atoms with van der Waals surface area (Å²) in [5.41, 5.74) is 1.71. The van der Waals surface area contributed by atoms with E-state index < -0.39 is 0 Å². The highest BCUT2D eigenvalue weighted by atomic mass is 35.5. The molecule has 142 valence electrons. The maximum absolute atomic E-state index is 13.7. The van der Waals surface area contributed by atoms with Crippen LogP contribution in [0, 0.1) is 12.7 Å². The van der Waals surface area contributed by atoms with E-state index in [2.05, 4.69) is 15.5 Å². The third-order valence-corrected chi connectivity index (χ3v) is 7.60.